The second-order valence-electron chi connectivity index (χ2n) is 8.94. The van der Waals surface area contributed by atoms with Gasteiger partial charge in [0.1, 0.15) is 0 Å². The molecule has 1 atom stereocenters. The first-order valence-electron chi connectivity index (χ1n) is 10.3. The number of hydrogen-bond acceptors (Lipinski definition) is 3. The third-order valence-electron chi connectivity index (χ3n) is 7.23. The Bertz CT molecular complexity index is 733. The highest BCUT2D eigenvalue weighted by atomic mass is 16.2. The normalized spacial score (nSPS) is 26.2. The summed E-state index contributed by atoms with van der Waals surface area (Å²) in [5.74, 6) is 0.489. The van der Waals surface area contributed by atoms with Crippen molar-refractivity contribution in [2.75, 3.05) is 39.8 Å². The molecule has 1 aromatic heterocycles. The molecule has 0 aromatic carbocycles. The summed E-state index contributed by atoms with van der Waals surface area (Å²) in [4.78, 5) is 32.0. The zero-order chi connectivity index (χ0) is 19.2. The van der Waals surface area contributed by atoms with Crippen LogP contribution < -0.4 is 0 Å². The monoisotopic (exact) mass is 372 g/mol. The lowest BCUT2D eigenvalue weighted by Gasteiger charge is -2.49. The number of aromatic nitrogens is 1. The average Bonchev–Trinajstić information content (AvgIpc) is 3.24. The van der Waals surface area contributed by atoms with Crippen LogP contribution >= 0.6 is 0 Å². The molecule has 3 fully saturated rings. The van der Waals surface area contributed by atoms with Crippen molar-refractivity contribution in [1.29, 1.82) is 0 Å². The minimum atomic E-state index is 0.157. The Hall–Kier alpha value is -1.82. The Morgan fingerprint density at radius 1 is 1.15 bits per heavy atom. The standard InChI is InChI=1S/C21H32N4O2/c1-16-18(6-11-23(16)3)20(27)24-12-8-21(9-13-24)7-4-19(26)25(15-21)17-5-10-22(2)14-17/h6,11,17H,4-5,7-10,12-15H2,1-3H3. The summed E-state index contributed by atoms with van der Waals surface area (Å²) >= 11 is 0. The largest absolute Gasteiger partial charge is 0.354 e. The molecule has 2 amide bonds. The highest BCUT2D eigenvalue weighted by Crippen LogP contribution is 2.41. The van der Waals surface area contributed by atoms with Crippen LogP contribution in [0.5, 0.6) is 0 Å². The molecule has 1 spiro atoms. The number of carbonyl (C=O) groups is 2. The van der Waals surface area contributed by atoms with Gasteiger partial charge in [0.25, 0.3) is 5.91 Å². The minimum Gasteiger partial charge on any atom is -0.354 e. The van der Waals surface area contributed by atoms with E-state index in [-0.39, 0.29) is 11.3 Å². The van der Waals surface area contributed by atoms with E-state index in [1.165, 1.54) is 0 Å². The molecular weight excluding hydrogens is 340 g/mol. The molecule has 1 unspecified atom stereocenters. The summed E-state index contributed by atoms with van der Waals surface area (Å²) in [6, 6.07) is 2.31. The molecule has 6 nitrogen and oxygen atoms in total. The van der Waals surface area contributed by atoms with Crippen LogP contribution in [0, 0.1) is 12.3 Å². The van der Waals surface area contributed by atoms with Gasteiger partial charge in [0, 0.05) is 57.6 Å². The molecule has 0 N–H and O–H groups in total. The van der Waals surface area contributed by atoms with Crippen molar-refractivity contribution in [3.05, 3.63) is 23.5 Å². The number of hydrogen-bond donors (Lipinski definition) is 0. The van der Waals surface area contributed by atoms with Crippen molar-refractivity contribution in [1.82, 2.24) is 19.3 Å². The highest BCUT2D eigenvalue weighted by Gasteiger charge is 2.44. The Morgan fingerprint density at radius 3 is 2.48 bits per heavy atom. The van der Waals surface area contributed by atoms with E-state index in [2.05, 4.69) is 16.8 Å². The molecule has 148 valence electrons. The molecule has 3 aliphatic heterocycles. The lowest BCUT2D eigenvalue weighted by molar-refractivity contribution is -0.141. The van der Waals surface area contributed by atoms with Gasteiger partial charge in [0.05, 0.1) is 5.56 Å². The number of amides is 2. The Morgan fingerprint density at radius 2 is 1.89 bits per heavy atom. The smallest absolute Gasteiger partial charge is 0.255 e. The summed E-state index contributed by atoms with van der Waals surface area (Å²) in [6.45, 7) is 6.58. The molecule has 0 radical (unpaired) electrons. The summed E-state index contributed by atoms with van der Waals surface area (Å²) in [6.07, 6.45) is 6.73. The first-order chi connectivity index (χ1) is 12.9. The van der Waals surface area contributed by atoms with E-state index in [4.69, 9.17) is 0 Å². The minimum absolute atomic E-state index is 0.157. The summed E-state index contributed by atoms with van der Waals surface area (Å²) in [5.41, 5.74) is 2.06. The van der Waals surface area contributed by atoms with Gasteiger partial charge >= 0.3 is 0 Å². The van der Waals surface area contributed by atoms with E-state index < -0.39 is 0 Å². The van der Waals surface area contributed by atoms with Crippen LogP contribution in [0.1, 0.15) is 48.2 Å². The third kappa shape index (κ3) is 3.40. The molecular formula is C21H32N4O2. The number of likely N-dealkylation sites (tertiary alicyclic amines) is 3. The molecule has 4 rings (SSSR count). The second-order valence-corrected chi connectivity index (χ2v) is 8.94. The van der Waals surface area contributed by atoms with Crippen LogP contribution in [-0.2, 0) is 11.8 Å². The zero-order valence-corrected chi connectivity index (χ0v) is 16.9. The van der Waals surface area contributed by atoms with E-state index in [0.29, 0.717) is 18.4 Å². The van der Waals surface area contributed by atoms with Crippen molar-refractivity contribution in [3.63, 3.8) is 0 Å². The quantitative estimate of drug-likeness (QED) is 0.796. The lowest BCUT2D eigenvalue weighted by Crippen LogP contribution is -2.55. The van der Waals surface area contributed by atoms with Gasteiger partial charge in [-0.25, -0.2) is 0 Å². The molecule has 1 aromatic rings. The number of nitrogens with zero attached hydrogens (tertiary/aromatic N) is 4. The number of aryl methyl sites for hydroxylation is 1. The fourth-order valence-electron chi connectivity index (χ4n) is 5.14. The van der Waals surface area contributed by atoms with Crippen LogP contribution in [0.4, 0.5) is 0 Å². The molecule has 6 heteroatoms. The second kappa shape index (κ2) is 6.97. The molecule has 0 bridgehead atoms. The van der Waals surface area contributed by atoms with Gasteiger partial charge in [-0.2, -0.15) is 0 Å². The molecule has 3 aliphatic rings. The predicted octanol–water partition coefficient (Wildman–Crippen LogP) is 1.88. The Labute approximate surface area is 162 Å². The SMILES string of the molecule is Cc1c(C(=O)N2CCC3(CCC(=O)N(C4CCN(C)C4)C3)CC2)ccn1C. The topological polar surface area (TPSA) is 48.8 Å². The van der Waals surface area contributed by atoms with E-state index >= 15 is 0 Å². The van der Waals surface area contributed by atoms with Gasteiger partial charge in [0.2, 0.25) is 5.91 Å². The third-order valence-corrected chi connectivity index (χ3v) is 7.23. The van der Waals surface area contributed by atoms with Crippen molar-refractivity contribution < 1.29 is 9.59 Å². The summed E-state index contributed by atoms with van der Waals surface area (Å²) < 4.78 is 2.00. The van der Waals surface area contributed by atoms with Crippen LogP contribution in [0.15, 0.2) is 12.3 Å². The van der Waals surface area contributed by atoms with Crippen LogP contribution in [0.2, 0.25) is 0 Å². The Kier molecular flexibility index (Phi) is 4.78. The fourth-order valence-corrected chi connectivity index (χ4v) is 5.14. The lowest BCUT2D eigenvalue weighted by atomic mass is 9.72. The van der Waals surface area contributed by atoms with E-state index in [1.807, 2.05) is 35.7 Å². The number of piperidine rings is 2. The van der Waals surface area contributed by atoms with Crippen molar-refractivity contribution in [2.45, 2.75) is 45.1 Å². The predicted molar refractivity (Wildman–Crippen MR) is 105 cm³/mol. The van der Waals surface area contributed by atoms with Gasteiger partial charge in [-0.1, -0.05) is 0 Å². The Balaban J connectivity index is 1.41. The van der Waals surface area contributed by atoms with E-state index in [1.54, 1.807) is 0 Å². The van der Waals surface area contributed by atoms with Crippen LogP contribution in [0.3, 0.4) is 0 Å². The average molecular weight is 373 g/mol. The van der Waals surface area contributed by atoms with E-state index in [0.717, 1.165) is 69.7 Å². The maximum absolute atomic E-state index is 12.9. The molecule has 3 saturated heterocycles. The van der Waals surface area contributed by atoms with Gasteiger partial charge in [-0.15, -0.1) is 0 Å². The van der Waals surface area contributed by atoms with Crippen molar-refractivity contribution in [3.8, 4) is 0 Å². The number of rotatable bonds is 2. The first kappa shape index (κ1) is 18.5. The van der Waals surface area contributed by atoms with Gasteiger partial charge in [-0.3, -0.25) is 9.59 Å². The molecule has 4 heterocycles. The van der Waals surface area contributed by atoms with Crippen LogP contribution in [-0.4, -0.2) is 76.9 Å². The van der Waals surface area contributed by atoms with E-state index in [9.17, 15) is 9.59 Å². The fraction of sp³-hybridized carbons (Fsp3) is 0.714. The summed E-state index contributed by atoms with van der Waals surface area (Å²) in [5, 5.41) is 0. The number of carbonyl (C=O) groups excluding carboxylic acids is 2. The molecule has 27 heavy (non-hydrogen) atoms. The maximum atomic E-state index is 12.9. The molecule has 0 aliphatic carbocycles. The highest BCUT2D eigenvalue weighted by molar-refractivity contribution is 5.95. The zero-order valence-electron chi connectivity index (χ0n) is 16.9. The summed E-state index contributed by atoms with van der Waals surface area (Å²) in [7, 11) is 4.12. The van der Waals surface area contributed by atoms with Gasteiger partial charge in [0.15, 0.2) is 0 Å². The van der Waals surface area contributed by atoms with Crippen molar-refractivity contribution in [2.24, 2.45) is 12.5 Å². The first-order valence-corrected chi connectivity index (χ1v) is 10.3. The maximum Gasteiger partial charge on any atom is 0.255 e. The molecule has 0 saturated carbocycles. The van der Waals surface area contributed by atoms with Crippen molar-refractivity contribution >= 4 is 11.8 Å². The van der Waals surface area contributed by atoms with Gasteiger partial charge in [-0.05, 0) is 57.7 Å². The number of likely N-dealkylation sites (N-methyl/N-ethyl adjacent to an activating group) is 1. The van der Waals surface area contributed by atoms with Gasteiger partial charge < -0.3 is 19.3 Å². The van der Waals surface area contributed by atoms with Crippen LogP contribution in [0.25, 0.3) is 0 Å².